The molecule has 4 nitrogen and oxygen atoms in total. The molecule has 4 heterocycles. The van der Waals surface area contributed by atoms with Gasteiger partial charge in [0.05, 0.1) is 33.2 Å². The Hall–Kier alpha value is -3.56. The molecule has 0 aliphatic heterocycles. The minimum Gasteiger partial charge on any atom is -0.173 e. The van der Waals surface area contributed by atoms with Gasteiger partial charge in [-0.3, -0.25) is 0 Å². The molecule has 0 N–H and O–H groups in total. The van der Waals surface area contributed by atoms with Crippen LogP contribution < -0.4 is 0 Å². The highest BCUT2D eigenvalue weighted by Gasteiger charge is 2.50. The number of benzene rings is 3. The number of thiophene rings is 2. The molecule has 8 heteroatoms. The zero-order chi connectivity index (χ0) is 57.1. The van der Waals surface area contributed by atoms with Crippen LogP contribution in [-0.4, -0.2) is 17.5 Å². The lowest BCUT2D eigenvalue weighted by atomic mass is 9.68. The van der Waals surface area contributed by atoms with E-state index in [2.05, 4.69) is 91.8 Å². The smallest absolute Gasteiger partial charge is 0.114 e. The van der Waals surface area contributed by atoms with Gasteiger partial charge in [-0.05, 0) is 128 Å². The molecule has 0 amide bonds. The summed E-state index contributed by atoms with van der Waals surface area (Å²) < 4.78 is 21.2. The van der Waals surface area contributed by atoms with Gasteiger partial charge in [0.15, 0.2) is 0 Å². The molecule has 0 spiro atoms. The summed E-state index contributed by atoms with van der Waals surface area (Å²) in [4.78, 5) is 5.65. The number of allylic oxidation sites excluding steroid dienone is 1. The number of fused-ring (bicyclic) bond motifs is 13. The molecule has 0 saturated heterocycles. The monoisotopic (exact) mass is 1170 g/mol. The van der Waals surface area contributed by atoms with Crippen molar-refractivity contribution in [3.63, 3.8) is 0 Å². The third-order valence-corrected chi connectivity index (χ3v) is 23.4. The van der Waals surface area contributed by atoms with Crippen LogP contribution in [0, 0.1) is 13.8 Å². The molecule has 4 aromatic heterocycles. The van der Waals surface area contributed by atoms with Gasteiger partial charge in [-0.15, -0.1) is 22.7 Å². The van der Waals surface area contributed by atoms with E-state index in [0.29, 0.717) is 0 Å². The van der Waals surface area contributed by atoms with Gasteiger partial charge >= 0.3 is 0 Å². The van der Waals surface area contributed by atoms with Crippen LogP contribution in [0.2, 0.25) is 0 Å². The first kappa shape index (κ1) is 61.5. The molecule has 3 aliphatic rings. The molecule has 0 atom stereocenters. The van der Waals surface area contributed by atoms with Crippen molar-refractivity contribution in [3.05, 3.63) is 85.8 Å². The van der Waals surface area contributed by atoms with Crippen molar-refractivity contribution < 1.29 is 0 Å². The lowest BCUT2D eigenvalue weighted by Gasteiger charge is -2.35. The van der Waals surface area contributed by atoms with Crippen LogP contribution in [-0.2, 0) is 10.8 Å². The molecule has 442 valence electrons. The number of nitrogens with zero attached hydrogens (tertiary/aromatic N) is 4. The zero-order valence-electron chi connectivity index (χ0n) is 52.3. The highest BCUT2D eigenvalue weighted by atomic mass is 32.1. The summed E-state index contributed by atoms with van der Waals surface area (Å²) in [6, 6.07) is 16.0. The summed E-state index contributed by atoms with van der Waals surface area (Å²) in [5.41, 5.74) is 24.7. The van der Waals surface area contributed by atoms with Crippen molar-refractivity contribution in [1.82, 2.24) is 17.5 Å². The van der Waals surface area contributed by atoms with Crippen molar-refractivity contribution in [3.8, 4) is 42.4 Å². The van der Waals surface area contributed by atoms with Crippen LogP contribution >= 0.6 is 46.1 Å². The minimum absolute atomic E-state index is 0.0772. The van der Waals surface area contributed by atoms with Crippen LogP contribution in [0.3, 0.4) is 0 Å². The van der Waals surface area contributed by atoms with Crippen LogP contribution in [0.15, 0.2) is 42.0 Å². The Bertz CT molecular complexity index is 3200. The van der Waals surface area contributed by atoms with Gasteiger partial charge in [-0.1, -0.05) is 245 Å². The second-order valence-electron chi connectivity index (χ2n) is 26.2. The van der Waals surface area contributed by atoms with Crippen molar-refractivity contribution >= 4 is 73.8 Å². The van der Waals surface area contributed by atoms with Crippen LogP contribution in [0.4, 0.5) is 0 Å². The maximum absolute atomic E-state index is 5.50. The molecule has 10 rings (SSSR count). The van der Waals surface area contributed by atoms with Gasteiger partial charge in [0.1, 0.15) is 22.1 Å². The second-order valence-corrected chi connectivity index (χ2v) is 29.6. The fourth-order valence-electron chi connectivity index (χ4n) is 15.6. The van der Waals surface area contributed by atoms with Gasteiger partial charge in [-0.25, -0.2) is 0 Å². The van der Waals surface area contributed by atoms with Crippen molar-refractivity contribution in [2.45, 2.75) is 297 Å². The average molecular weight is 1180 g/mol. The molecule has 82 heavy (non-hydrogen) atoms. The van der Waals surface area contributed by atoms with E-state index >= 15 is 0 Å². The molecule has 0 fully saturated rings. The fourth-order valence-corrected chi connectivity index (χ4v) is 19.2. The summed E-state index contributed by atoms with van der Waals surface area (Å²) >= 11 is 6.85. The van der Waals surface area contributed by atoms with Crippen molar-refractivity contribution in [1.29, 1.82) is 0 Å². The van der Waals surface area contributed by atoms with E-state index < -0.39 is 0 Å². The molecule has 0 saturated carbocycles. The number of aryl methyl sites for hydroxylation is 2. The fraction of sp³-hybridized carbons (Fsp3) is 0.622. The molecular weight excluding hydrogens is 1070 g/mol. The van der Waals surface area contributed by atoms with E-state index in [1.807, 2.05) is 22.7 Å². The first-order valence-corrected chi connectivity index (χ1v) is 37.0. The van der Waals surface area contributed by atoms with Crippen molar-refractivity contribution in [2.75, 3.05) is 0 Å². The maximum atomic E-state index is 5.50. The summed E-state index contributed by atoms with van der Waals surface area (Å²) in [6.07, 6.45) is 47.5. The Morgan fingerprint density at radius 3 is 1.15 bits per heavy atom. The van der Waals surface area contributed by atoms with Crippen LogP contribution in [0.5, 0.6) is 0 Å². The van der Waals surface area contributed by atoms with Crippen molar-refractivity contribution in [2.24, 2.45) is 0 Å². The molecule has 0 unspecified atom stereocenters. The Balaban J connectivity index is 1.14. The van der Waals surface area contributed by atoms with Gasteiger partial charge in [0.2, 0.25) is 0 Å². The third-order valence-electron chi connectivity index (χ3n) is 20.0. The highest BCUT2D eigenvalue weighted by molar-refractivity contribution is 7.24. The topological polar surface area (TPSA) is 51.6 Å². The first-order chi connectivity index (χ1) is 40.2. The average Bonchev–Trinajstić information content (AvgIpc) is 2.82. The van der Waals surface area contributed by atoms with E-state index in [1.54, 1.807) is 22.3 Å². The highest BCUT2D eigenvalue weighted by Crippen LogP contribution is 2.64. The number of unbranched alkanes of at least 4 members (excludes halogenated alkanes) is 28. The Morgan fingerprint density at radius 1 is 0.354 bits per heavy atom. The normalized spacial score (nSPS) is 14.3. The van der Waals surface area contributed by atoms with Gasteiger partial charge in [0, 0.05) is 48.4 Å². The summed E-state index contributed by atoms with van der Waals surface area (Å²) in [5.74, 6) is 0. The Labute approximate surface area is 513 Å². The van der Waals surface area contributed by atoms with Crippen LogP contribution in [0.25, 0.3) is 70.1 Å². The maximum Gasteiger partial charge on any atom is 0.114 e. The number of rotatable bonds is 37. The Morgan fingerprint density at radius 2 is 0.707 bits per heavy atom. The molecule has 0 radical (unpaired) electrons. The minimum atomic E-state index is -0.134. The molecule has 7 aromatic rings. The molecule has 3 aromatic carbocycles. The largest absolute Gasteiger partial charge is 0.173 e. The third kappa shape index (κ3) is 12.8. The van der Waals surface area contributed by atoms with E-state index in [1.165, 1.54) is 330 Å². The lowest BCUT2D eigenvalue weighted by molar-refractivity contribution is 0.394. The SMILES string of the molecule is CCCCCCCCCCC1(CCCCCCCCCC)c2cc3c(cc2-c2c1cc(C)c1nsnc21)C(CCCCCCCCCC)(CCCCCCCCCC)c1cc(-c2cc4c(s2)-c2sc(C)cc2C4=C(C)C)c2nsnc2c1-3. The van der Waals surface area contributed by atoms with Gasteiger partial charge in [-0.2, -0.15) is 17.5 Å². The van der Waals surface area contributed by atoms with E-state index in [0.717, 1.165) is 22.1 Å². The quantitative estimate of drug-likeness (QED) is 0.0364. The zero-order valence-corrected chi connectivity index (χ0v) is 55.6. The van der Waals surface area contributed by atoms with Gasteiger partial charge in [0.25, 0.3) is 0 Å². The first-order valence-electron chi connectivity index (χ1n) is 33.9. The predicted octanol–water partition coefficient (Wildman–Crippen LogP) is 25.6. The lowest BCUT2D eigenvalue weighted by Crippen LogP contribution is -2.27. The number of hydrogen-bond donors (Lipinski definition) is 0. The number of aromatic nitrogens is 4. The predicted molar refractivity (Wildman–Crippen MR) is 363 cm³/mol. The Kier molecular flexibility index (Phi) is 21.9. The summed E-state index contributed by atoms with van der Waals surface area (Å²) in [7, 11) is 0. The number of hydrogen-bond acceptors (Lipinski definition) is 8. The standard InChI is InChI=1S/C74H102N4S4/c1-9-13-17-21-25-29-33-37-41-73(42-38-34-30-26-22-18-14-10-2)59-48-55-60(47-54(59)65-61(73)45-52(7)67-69(65)77-81-75-67)74(43-39-35-31-27-23-19-15-11-3,44-40-36-32-28-24-20-16-12-4)62-49-56(68-70(66(55)62)78-82-76-68)63-50-58-64(51(5)6)57-46-53(8)79-71(57)72(58)80-63/h45-50H,9-44H2,1-8H3. The van der Waals surface area contributed by atoms with E-state index in [-0.39, 0.29) is 10.8 Å². The van der Waals surface area contributed by atoms with E-state index in [4.69, 9.17) is 17.5 Å². The molecule has 3 aliphatic carbocycles. The van der Waals surface area contributed by atoms with E-state index in [9.17, 15) is 0 Å². The summed E-state index contributed by atoms with van der Waals surface area (Å²) in [5, 5.41) is 0. The molecular formula is C74H102N4S4. The summed E-state index contributed by atoms with van der Waals surface area (Å²) in [6.45, 7) is 18.6. The second kappa shape index (κ2) is 29.2. The van der Waals surface area contributed by atoms with Gasteiger partial charge < -0.3 is 0 Å². The molecule has 0 bridgehead atoms. The van der Waals surface area contributed by atoms with Crippen LogP contribution in [0.1, 0.15) is 317 Å².